The maximum atomic E-state index is 11.8. The standard InChI is InChI=1S/C13H22N4O3/c1-10(18)17-6-2-5-16(7-8-17)9-12(19)15-13(20)14-11-3-4-11/h11H,2-9H2,1H3,(H2,14,15,19,20). The molecule has 0 radical (unpaired) electrons. The summed E-state index contributed by atoms with van der Waals surface area (Å²) in [5.74, 6) is -0.223. The molecule has 0 aromatic heterocycles. The minimum Gasteiger partial charge on any atom is -0.342 e. The van der Waals surface area contributed by atoms with Gasteiger partial charge >= 0.3 is 6.03 Å². The molecular formula is C13H22N4O3. The van der Waals surface area contributed by atoms with Crippen LogP contribution in [0.1, 0.15) is 26.2 Å². The van der Waals surface area contributed by atoms with E-state index in [0.29, 0.717) is 13.1 Å². The van der Waals surface area contributed by atoms with Gasteiger partial charge in [-0.3, -0.25) is 19.8 Å². The van der Waals surface area contributed by atoms with Crippen molar-refractivity contribution in [2.75, 3.05) is 32.7 Å². The normalized spacial score (nSPS) is 20.1. The zero-order valence-electron chi connectivity index (χ0n) is 11.9. The Morgan fingerprint density at radius 3 is 2.50 bits per heavy atom. The number of urea groups is 1. The molecule has 0 bridgehead atoms. The molecule has 0 unspecified atom stereocenters. The zero-order valence-corrected chi connectivity index (χ0v) is 11.9. The molecule has 1 saturated carbocycles. The van der Waals surface area contributed by atoms with Gasteiger partial charge in [0.2, 0.25) is 11.8 Å². The summed E-state index contributed by atoms with van der Waals surface area (Å²) in [5.41, 5.74) is 0. The second-order valence-electron chi connectivity index (χ2n) is 5.43. The Morgan fingerprint density at radius 2 is 1.85 bits per heavy atom. The van der Waals surface area contributed by atoms with Gasteiger partial charge in [0.25, 0.3) is 0 Å². The van der Waals surface area contributed by atoms with Gasteiger partial charge in [-0.15, -0.1) is 0 Å². The molecule has 0 spiro atoms. The molecule has 0 aromatic rings. The molecule has 112 valence electrons. The van der Waals surface area contributed by atoms with E-state index in [1.807, 2.05) is 4.90 Å². The molecule has 2 N–H and O–H groups in total. The first-order chi connectivity index (χ1) is 9.54. The highest BCUT2D eigenvalue weighted by Crippen LogP contribution is 2.18. The predicted molar refractivity (Wildman–Crippen MR) is 73.0 cm³/mol. The topological polar surface area (TPSA) is 81.8 Å². The molecule has 7 nitrogen and oxygen atoms in total. The van der Waals surface area contributed by atoms with E-state index in [1.54, 1.807) is 11.8 Å². The lowest BCUT2D eigenvalue weighted by molar-refractivity contribution is -0.128. The van der Waals surface area contributed by atoms with E-state index in [1.165, 1.54) is 0 Å². The van der Waals surface area contributed by atoms with Crippen LogP contribution in [-0.2, 0) is 9.59 Å². The van der Waals surface area contributed by atoms with E-state index in [-0.39, 0.29) is 24.4 Å². The third-order valence-electron chi connectivity index (χ3n) is 3.57. The van der Waals surface area contributed by atoms with Gasteiger partial charge in [0.1, 0.15) is 0 Å². The molecule has 4 amide bonds. The van der Waals surface area contributed by atoms with Crippen molar-refractivity contribution in [2.24, 2.45) is 0 Å². The third kappa shape index (κ3) is 4.80. The van der Waals surface area contributed by atoms with Crippen LogP contribution in [0.4, 0.5) is 4.79 Å². The van der Waals surface area contributed by atoms with Crippen molar-refractivity contribution in [3.63, 3.8) is 0 Å². The van der Waals surface area contributed by atoms with Crippen LogP contribution in [0, 0.1) is 0 Å². The molecule has 2 aliphatic rings. The van der Waals surface area contributed by atoms with Crippen molar-refractivity contribution < 1.29 is 14.4 Å². The number of rotatable bonds is 3. The Bertz CT molecular complexity index is 395. The van der Waals surface area contributed by atoms with Crippen molar-refractivity contribution in [2.45, 2.75) is 32.2 Å². The summed E-state index contributed by atoms with van der Waals surface area (Å²) in [6, 6.07) is -0.164. The fourth-order valence-corrected chi connectivity index (χ4v) is 2.26. The van der Waals surface area contributed by atoms with Crippen LogP contribution in [0.2, 0.25) is 0 Å². The molecular weight excluding hydrogens is 260 g/mol. The Hall–Kier alpha value is -1.63. The summed E-state index contributed by atoms with van der Waals surface area (Å²) in [4.78, 5) is 38.3. The van der Waals surface area contributed by atoms with Gasteiger partial charge in [-0.1, -0.05) is 0 Å². The quantitative estimate of drug-likeness (QED) is 0.733. The largest absolute Gasteiger partial charge is 0.342 e. The molecule has 0 atom stereocenters. The van der Waals surface area contributed by atoms with Crippen LogP contribution in [0.15, 0.2) is 0 Å². The minimum atomic E-state index is -0.405. The lowest BCUT2D eigenvalue weighted by atomic mass is 10.3. The second-order valence-corrected chi connectivity index (χ2v) is 5.43. The number of nitrogens with zero attached hydrogens (tertiary/aromatic N) is 2. The highest BCUT2D eigenvalue weighted by atomic mass is 16.2. The Morgan fingerprint density at radius 1 is 1.10 bits per heavy atom. The first kappa shape index (κ1) is 14.8. The molecule has 1 aliphatic carbocycles. The number of hydrogen-bond donors (Lipinski definition) is 2. The van der Waals surface area contributed by atoms with Gasteiger partial charge in [0.15, 0.2) is 0 Å². The summed E-state index contributed by atoms with van der Waals surface area (Å²) in [7, 11) is 0. The van der Waals surface area contributed by atoms with Crippen molar-refractivity contribution in [1.82, 2.24) is 20.4 Å². The molecule has 1 heterocycles. The first-order valence-electron chi connectivity index (χ1n) is 7.13. The molecule has 7 heteroatoms. The summed E-state index contributed by atoms with van der Waals surface area (Å²) in [5, 5.41) is 5.06. The maximum Gasteiger partial charge on any atom is 0.321 e. The number of carbonyl (C=O) groups is 3. The SMILES string of the molecule is CC(=O)N1CCCN(CC(=O)NC(=O)NC2CC2)CC1. The van der Waals surface area contributed by atoms with E-state index in [2.05, 4.69) is 10.6 Å². The highest BCUT2D eigenvalue weighted by Gasteiger charge is 2.24. The number of nitrogens with one attached hydrogen (secondary N) is 2. The summed E-state index contributed by atoms with van der Waals surface area (Å²) < 4.78 is 0. The molecule has 1 aliphatic heterocycles. The van der Waals surface area contributed by atoms with Gasteiger partial charge in [0, 0.05) is 39.1 Å². The number of amides is 4. The van der Waals surface area contributed by atoms with E-state index < -0.39 is 6.03 Å². The van der Waals surface area contributed by atoms with Crippen LogP contribution in [-0.4, -0.2) is 66.4 Å². The number of imide groups is 1. The van der Waals surface area contributed by atoms with Crippen LogP contribution in [0.25, 0.3) is 0 Å². The lowest BCUT2D eigenvalue weighted by Gasteiger charge is -2.20. The van der Waals surface area contributed by atoms with Gasteiger partial charge in [0.05, 0.1) is 6.54 Å². The Labute approximate surface area is 118 Å². The molecule has 20 heavy (non-hydrogen) atoms. The van der Waals surface area contributed by atoms with Crippen molar-refractivity contribution in [3.8, 4) is 0 Å². The monoisotopic (exact) mass is 282 g/mol. The van der Waals surface area contributed by atoms with Gasteiger partial charge in [-0.05, 0) is 19.3 Å². The van der Waals surface area contributed by atoms with Gasteiger partial charge in [-0.25, -0.2) is 4.79 Å². The Balaban J connectivity index is 1.70. The molecule has 1 saturated heterocycles. The van der Waals surface area contributed by atoms with E-state index in [9.17, 15) is 14.4 Å². The Kier molecular flexibility index (Phi) is 4.94. The summed E-state index contributed by atoms with van der Waals surface area (Å²) in [6.45, 7) is 4.56. The van der Waals surface area contributed by atoms with Crippen LogP contribution in [0.3, 0.4) is 0 Å². The summed E-state index contributed by atoms with van der Waals surface area (Å²) >= 11 is 0. The lowest BCUT2D eigenvalue weighted by Crippen LogP contribution is -2.45. The molecule has 0 aromatic carbocycles. The first-order valence-corrected chi connectivity index (χ1v) is 7.13. The fourth-order valence-electron chi connectivity index (χ4n) is 2.26. The molecule has 2 fully saturated rings. The molecule has 2 rings (SSSR count). The van der Waals surface area contributed by atoms with Crippen LogP contribution >= 0.6 is 0 Å². The number of carbonyl (C=O) groups excluding carboxylic acids is 3. The maximum absolute atomic E-state index is 11.8. The average Bonchev–Trinajstić information content (AvgIpc) is 3.16. The summed E-state index contributed by atoms with van der Waals surface area (Å²) in [6.07, 6.45) is 2.84. The van der Waals surface area contributed by atoms with E-state index in [0.717, 1.165) is 32.4 Å². The smallest absolute Gasteiger partial charge is 0.321 e. The van der Waals surface area contributed by atoms with Gasteiger partial charge in [-0.2, -0.15) is 0 Å². The van der Waals surface area contributed by atoms with Crippen molar-refractivity contribution in [3.05, 3.63) is 0 Å². The third-order valence-corrected chi connectivity index (χ3v) is 3.57. The van der Waals surface area contributed by atoms with Crippen LogP contribution in [0.5, 0.6) is 0 Å². The van der Waals surface area contributed by atoms with Crippen LogP contribution < -0.4 is 10.6 Å². The van der Waals surface area contributed by atoms with E-state index in [4.69, 9.17) is 0 Å². The van der Waals surface area contributed by atoms with E-state index >= 15 is 0 Å². The average molecular weight is 282 g/mol. The van der Waals surface area contributed by atoms with Crippen molar-refractivity contribution >= 4 is 17.8 Å². The fraction of sp³-hybridized carbons (Fsp3) is 0.769. The van der Waals surface area contributed by atoms with Gasteiger partial charge < -0.3 is 10.2 Å². The highest BCUT2D eigenvalue weighted by molar-refractivity contribution is 5.95. The second kappa shape index (κ2) is 6.69. The van der Waals surface area contributed by atoms with Crippen molar-refractivity contribution in [1.29, 1.82) is 0 Å². The zero-order chi connectivity index (χ0) is 14.5. The predicted octanol–water partition coefficient (Wildman–Crippen LogP) is -0.471. The number of hydrogen-bond acceptors (Lipinski definition) is 4. The minimum absolute atomic E-state index is 0.0695.